The average Bonchev–Trinajstić information content (AvgIpc) is 3.23. The van der Waals surface area contributed by atoms with E-state index in [1.807, 2.05) is 0 Å². The Morgan fingerprint density at radius 3 is 2.67 bits per heavy atom. The van der Waals surface area contributed by atoms with Crippen LogP contribution in [0.1, 0.15) is 29.1 Å². The first-order chi connectivity index (χ1) is 11.4. The van der Waals surface area contributed by atoms with Crippen LogP contribution >= 0.6 is 0 Å². The monoisotopic (exact) mass is 341 g/mol. The molecule has 128 valence electrons. The zero-order valence-electron chi connectivity index (χ0n) is 12.5. The second kappa shape index (κ2) is 6.60. The van der Waals surface area contributed by atoms with E-state index in [0.717, 1.165) is 25.0 Å². The van der Waals surface area contributed by atoms with Crippen LogP contribution in [0.15, 0.2) is 28.8 Å². The minimum atomic E-state index is -4.41. The van der Waals surface area contributed by atoms with Gasteiger partial charge >= 0.3 is 18.0 Å². The maximum Gasteiger partial charge on any atom is 0.416 e. The Hall–Kier alpha value is -2.42. The first kappa shape index (κ1) is 16.4. The molecule has 0 aliphatic carbocycles. The van der Waals surface area contributed by atoms with Gasteiger partial charge in [0.15, 0.2) is 0 Å². The standard InChI is InChI=1S/C15H14F3N3O3/c16-15(17,18)10-5-3-9(4-6-10)12-20-14(24-21-12)13(22)19-8-11-2-1-7-23-11/h3-6,11H,1-2,7-8H2,(H,19,22). The van der Waals surface area contributed by atoms with Gasteiger partial charge in [0.2, 0.25) is 5.82 Å². The fraction of sp³-hybridized carbons (Fsp3) is 0.400. The maximum atomic E-state index is 12.5. The minimum absolute atomic E-state index is 0.0220. The van der Waals surface area contributed by atoms with Gasteiger partial charge in [-0.25, -0.2) is 0 Å². The molecule has 1 aromatic heterocycles. The highest BCUT2D eigenvalue weighted by atomic mass is 19.4. The number of hydrogen-bond acceptors (Lipinski definition) is 5. The lowest BCUT2D eigenvalue weighted by molar-refractivity contribution is -0.137. The number of nitrogens with zero attached hydrogens (tertiary/aromatic N) is 2. The van der Waals surface area contributed by atoms with Crippen LogP contribution in [-0.4, -0.2) is 35.3 Å². The van der Waals surface area contributed by atoms with Crippen molar-refractivity contribution >= 4 is 5.91 Å². The van der Waals surface area contributed by atoms with Crippen molar-refractivity contribution in [3.8, 4) is 11.4 Å². The summed E-state index contributed by atoms with van der Waals surface area (Å²) in [7, 11) is 0. The summed E-state index contributed by atoms with van der Waals surface area (Å²) in [6.45, 7) is 1.02. The zero-order chi connectivity index (χ0) is 17.2. The molecule has 1 amide bonds. The molecule has 6 nitrogen and oxygen atoms in total. The number of ether oxygens (including phenoxy) is 1. The number of carbonyl (C=O) groups excluding carboxylic acids is 1. The van der Waals surface area contributed by atoms with Crippen molar-refractivity contribution in [1.29, 1.82) is 0 Å². The van der Waals surface area contributed by atoms with Crippen LogP contribution in [0.4, 0.5) is 13.2 Å². The van der Waals surface area contributed by atoms with Crippen LogP contribution < -0.4 is 5.32 Å². The number of benzene rings is 1. The molecule has 1 atom stereocenters. The lowest BCUT2D eigenvalue weighted by atomic mass is 10.1. The van der Waals surface area contributed by atoms with Crippen molar-refractivity contribution < 1.29 is 27.2 Å². The Morgan fingerprint density at radius 1 is 1.29 bits per heavy atom. The number of halogens is 3. The predicted octanol–water partition coefficient (Wildman–Crippen LogP) is 2.66. The van der Waals surface area contributed by atoms with Crippen LogP contribution in [-0.2, 0) is 10.9 Å². The van der Waals surface area contributed by atoms with Crippen LogP contribution in [0.5, 0.6) is 0 Å². The first-order valence-electron chi connectivity index (χ1n) is 7.34. The highest BCUT2D eigenvalue weighted by Gasteiger charge is 2.30. The Labute approximate surface area is 135 Å². The fourth-order valence-electron chi connectivity index (χ4n) is 2.33. The van der Waals surface area contributed by atoms with Crippen molar-refractivity contribution in [3.63, 3.8) is 0 Å². The SMILES string of the molecule is O=C(NCC1CCCO1)c1nc(-c2ccc(C(F)(F)F)cc2)no1. The summed E-state index contributed by atoms with van der Waals surface area (Å²) in [6, 6.07) is 4.29. The molecule has 24 heavy (non-hydrogen) atoms. The summed E-state index contributed by atoms with van der Waals surface area (Å²) in [5, 5.41) is 6.25. The third-order valence-corrected chi connectivity index (χ3v) is 3.60. The van der Waals surface area contributed by atoms with Gasteiger partial charge in [-0.1, -0.05) is 17.3 Å². The van der Waals surface area contributed by atoms with Crippen molar-refractivity contribution in [2.24, 2.45) is 0 Å². The molecule has 1 aliphatic heterocycles. The summed E-state index contributed by atoms with van der Waals surface area (Å²) in [6.07, 6.45) is -2.60. The van der Waals surface area contributed by atoms with E-state index in [-0.39, 0.29) is 17.8 Å². The third-order valence-electron chi connectivity index (χ3n) is 3.60. The predicted molar refractivity (Wildman–Crippen MR) is 76.0 cm³/mol. The number of alkyl halides is 3. The molecule has 1 N–H and O–H groups in total. The molecule has 1 saturated heterocycles. The van der Waals surface area contributed by atoms with Crippen molar-refractivity contribution in [3.05, 3.63) is 35.7 Å². The van der Waals surface area contributed by atoms with Crippen LogP contribution in [0.25, 0.3) is 11.4 Å². The quantitative estimate of drug-likeness (QED) is 0.925. The summed E-state index contributed by atoms with van der Waals surface area (Å²) in [5.41, 5.74) is -0.450. The molecule has 1 aromatic carbocycles. The number of nitrogens with one attached hydrogen (secondary N) is 1. The average molecular weight is 341 g/mol. The van der Waals surface area contributed by atoms with Gasteiger partial charge in [-0.2, -0.15) is 18.2 Å². The topological polar surface area (TPSA) is 77.2 Å². The fourth-order valence-corrected chi connectivity index (χ4v) is 2.33. The summed E-state index contributed by atoms with van der Waals surface area (Å²) in [5.74, 6) is -0.745. The van der Waals surface area contributed by atoms with Gasteiger partial charge < -0.3 is 14.6 Å². The highest BCUT2D eigenvalue weighted by molar-refractivity contribution is 5.89. The normalized spacial score (nSPS) is 17.9. The molecule has 1 fully saturated rings. The first-order valence-corrected chi connectivity index (χ1v) is 7.34. The van der Waals surface area contributed by atoms with E-state index in [0.29, 0.717) is 18.7 Å². The molecule has 2 aromatic rings. The molecular weight excluding hydrogens is 327 g/mol. The molecule has 0 spiro atoms. The molecule has 0 bridgehead atoms. The molecular formula is C15H14F3N3O3. The Balaban J connectivity index is 1.65. The Morgan fingerprint density at radius 2 is 2.04 bits per heavy atom. The molecule has 0 saturated carbocycles. The van der Waals surface area contributed by atoms with Gasteiger partial charge in [0, 0.05) is 18.7 Å². The molecule has 1 unspecified atom stereocenters. The van der Waals surface area contributed by atoms with Gasteiger partial charge in [-0.3, -0.25) is 4.79 Å². The van der Waals surface area contributed by atoms with Gasteiger partial charge in [0.05, 0.1) is 11.7 Å². The summed E-state index contributed by atoms with van der Waals surface area (Å²) >= 11 is 0. The molecule has 3 rings (SSSR count). The molecule has 9 heteroatoms. The molecule has 2 heterocycles. The number of amides is 1. The van der Waals surface area contributed by atoms with Crippen molar-refractivity contribution in [1.82, 2.24) is 15.5 Å². The second-order valence-electron chi connectivity index (χ2n) is 5.34. The smallest absolute Gasteiger partial charge is 0.376 e. The van der Waals surface area contributed by atoms with Crippen LogP contribution in [0.3, 0.4) is 0 Å². The zero-order valence-corrected chi connectivity index (χ0v) is 12.5. The third kappa shape index (κ3) is 3.73. The largest absolute Gasteiger partial charge is 0.416 e. The van der Waals surface area contributed by atoms with Crippen molar-refractivity contribution in [2.75, 3.05) is 13.2 Å². The number of rotatable bonds is 4. The lowest BCUT2D eigenvalue weighted by Crippen LogP contribution is -2.31. The minimum Gasteiger partial charge on any atom is -0.376 e. The molecule has 1 aliphatic rings. The van der Waals surface area contributed by atoms with E-state index in [1.165, 1.54) is 12.1 Å². The van der Waals surface area contributed by atoms with Gasteiger partial charge in [0.1, 0.15) is 0 Å². The number of aromatic nitrogens is 2. The lowest BCUT2D eigenvalue weighted by Gasteiger charge is -2.08. The van der Waals surface area contributed by atoms with Crippen LogP contribution in [0, 0.1) is 0 Å². The number of carbonyl (C=O) groups is 1. The van der Waals surface area contributed by atoms with Crippen LogP contribution in [0.2, 0.25) is 0 Å². The van der Waals surface area contributed by atoms with Gasteiger partial charge in [0.25, 0.3) is 0 Å². The van der Waals surface area contributed by atoms with E-state index >= 15 is 0 Å². The highest BCUT2D eigenvalue weighted by Crippen LogP contribution is 2.30. The van der Waals surface area contributed by atoms with Gasteiger partial charge in [-0.15, -0.1) is 0 Å². The molecule has 0 radical (unpaired) electrons. The van der Waals surface area contributed by atoms with E-state index in [1.54, 1.807) is 0 Å². The number of hydrogen-bond donors (Lipinski definition) is 1. The van der Waals surface area contributed by atoms with E-state index in [4.69, 9.17) is 9.26 Å². The van der Waals surface area contributed by atoms with E-state index in [2.05, 4.69) is 15.5 Å². The Bertz CT molecular complexity index is 707. The maximum absolute atomic E-state index is 12.5. The summed E-state index contributed by atoms with van der Waals surface area (Å²) < 4.78 is 47.8. The van der Waals surface area contributed by atoms with E-state index in [9.17, 15) is 18.0 Å². The Kier molecular flexibility index (Phi) is 4.52. The van der Waals surface area contributed by atoms with Gasteiger partial charge in [-0.05, 0) is 25.0 Å². The second-order valence-corrected chi connectivity index (χ2v) is 5.34. The van der Waals surface area contributed by atoms with Crippen molar-refractivity contribution in [2.45, 2.75) is 25.1 Å². The van der Waals surface area contributed by atoms with E-state index < -0.39 is 17.6 Å². The summed E-state index contributed by atoms with van der Waals surface area (Å²) in [4.78, 5) is 15.8.